The molecule has 0 spiro atoms. The highest BCUT2D eigenvalue weighted by Crippen LogP contribution is 2.23. The highest BCUT2D eigenvalue weighted by Gasteiger charge is 2.10. The van der Waals surface area contributed by atoms with Gasteiger partial charge >= 0.3 is 0 Å². The van der Waals surface area contributed by atoms with Gasteiger partial charge in [0.25, 0.3) is 0 Å². The smallest absolute Gasteiger partial charge is 0.119 e. The number of ether oxygens (including phenoxy) is 1. The van der Waals surface area contributed by atoms with Gasteiger partial charge in [-0.1, -0.05) is 15.9 Å². The number of likely N-dealkylation sites (tertiary alicyclic amines) is 1. The maximum absolute atomic E-state index is 5.87. The molecule has 1 heterocycles. The molecule has 1 aromatic carbocycles. The predicted molar refractivity (Wildman–Crippen MR) is 87.3 cm³/mol. The topological polar surface area (TPSA) is 38.5 Å². The molecule has 1 aliphatic heterocycles. The van der Waals surface area contributed by atoms with Crippen molar-refractivity contribution in [2.45, 2.75) is 38.6 Å². The molecule has 4 heteroatoms. The summed E-state index contributed by atoms with van der Waals surface area (Å²) in [4.78, 5) is 2.52. The van der Waals surface area contributed by atoms with Crippen LogP contribution in [0.4, 0.5) is 0 Å². The zero-order chi connectivity index (χ0) is 14.4. The van der Waals surface area contributed by atoms with Crippen molar-refractivity contribution in [1.29, 1.82) is 0 Å². The lowest BCUT2D eigenvalue weighted by Crippen LogP contribution is -2.22. The monoisotopic (exact) mass is 340 g/mol. The Bertz CT molecular complexity index is 417. The third-order valence-electron chi connectivity index (χ3n) is 3.65. The largest absolute Gasteiger partial charge is 0.494 e. The molecule has 0 bridgehead atoms. The van der Waals surface area contributed by atoms with Gasteiger partial charge in [-0.25, -0.2) is 0 Å². The van der Waals surface area contributed by atoms with Crippen LogP contribution in [-0.2, 0) is 6.42 Å². The molecule has 0 amide bonds. The van der Waals surface area contributed by atoms with Gasteiger partial charge in [-0.15, -0.1) is 0 Å². The number of hydrogen-bond donors (Lipinski definition) is 1. The van der Waals surface area contributed by atoms with Crippen molar-refractivity contribution in [1.82, 2.24) is 4.90 Å². The fourth-order valence-electron chi connectivity index (χ4n) is 2.63. The first-order valence-corrected chi connectivity index (χ1v) is 8.33. The molecule has 2 rings (SSSR count). The van der Waals surface area contributed by atoms with Gasteiger partial charge in [-0.2, -0.15) is 0 Å². The summed E-state index contributed by atoms with van der Waals surface area (Å²) >= 11 is 3.57. The van der Waals surface area contributed by atoms with Crippen LogP contribution in [0.15, 0.2) is 22.7 Å². The van der Waals surface area contributed by atoms with Gasteiger partial charge < -0.3 is 15.4 Å². The molecule has 112 valence electrons. The van der Waals surface area contributed by atoms with E-state index in [1.54, 1.807) is 0 Å². The minimum absolute atomic E-state index is 0.164. The van der Waals surface area contributed by atoms with Gasteiger partial charge in [0.2, 0.25) is 0 Å². The van der Waals surface area contributed by atoms with E-state index in [0.717, 1.165) is 36.2 Å². The molecule has 1 aromatic rings. The van der Waals surface area contributed by atoms with Crippen molar-refractivity contribution < 1.29 is 4.74 Å². The molecular formula is C16H25BrN2O. The van der Waals surface area contributed by atoms with Crippen LogP contribution in [0.1, 0.15) is 31.7 Å². The van der Waals surface area contributed by atoms with E-state index >= 15 is 0 Å². The molecule has 1 unspecified atom stereocenters. The molecule has 0 saturated carbocycles. The first kappa shape index (κ1) is 15.8. The number of nitrogens with zero attached hydrogens (tertiary/aromatic N) is 1. The van der Waals surface area contributed by atoms with Crippen LogP contribution in [0.3, 0.4) is 0 Å². The van der Waals surface area contributed by atoms with Gasteiger partial charge in [-0.3, -0.25) is 0 Å². The van der Waals surface area contributed by atoms with Crippen LogP contribution in [0, 0.1) is 0 Å². The van der Waals surface area contributed by atoms with Crippen molar-refractivity contribution in [2.75, 3.05) is 26.2 Å². The van der Waals surface area contributed by atoms with E-state index in [4.69, 9.17) is 10.5 Å². The molecule has 2 N–H and O–H groups in total. The van der Waals surface area contributed by atoms with E-state index in [2.05, 4.69) is 26.9 Å². The Kier molecular flexibility index (Phi) is 6.33. The fraction of sp³-hybridized carbons (Fsp3) is 0.625. The number of halogens is 1. The Labute approximate surface area is 130 Å². The molecule has 1 atom stereocenters. The Morgan fingerprint density at radius 3 is 2.80 bits per heavy atom. The molecule has 0 radical (unpaired) electrons. The fourth-order valence-corrected chi connectivity index (χ4v) is 3.04. The Morgan fingerprint density at radius 1 is 1.35 bits per heavy atom. The van der Waals surface area contributed by atoms with Crippen LogP contribution in [-0.4, -0.2) is 37.2 Å². The quantitative estimate of drug-likeness (QED) is 0.774. The number of hydrogen-bond acceptors (Lipinski definition) is 3. The SMILES string of the molecule is CC(N)Cc1cc(OCCCN2CCCC2)ccc1Br. The summed E-state index contributed by atoms with van der Waals surface area (Å²) in [7, 11) is 0. The summed E-state index contributed by atoms with van der Waals surface area (Å²) in [5.74, 6) is 0.949. The van der Waals surface area contributed by atoms with Gasteiger partial charge in [0.15, 0.2) is 0 Å². The minimum atomic E-state index is 0.164. The second-order valence-corrected chi connectivity index (χ2v) is 6.54. The molecule has 1 fully saturated rings. The van der Waals surface area contributed by atoms with Crippen LogP contribution < -0.4 is 10.5 Å². The van der Waals surface area contributed by atoms with E-state index in [0.29, 0.717) is 0 Å². The van der Waals surface area contributed by atoms with Gasteiger partial charge in [0, 0.05) is 17.1 Å². The minimum Gasteiger partial charge on any atom is -0.494 e. The zero-order valence-corrected chi connectivity index (χ0v) is 13.9. The third-order valence-corrected chi connectivity index (χ3v) is 4.42. The second-order valence-electron chi connectivity index (χ2n) is 5.69. The first-order chi connectivity index (χ1) is 9.65. The maximum Gasteiger partial charge on any atom is 0.119 e. The Balaban J connectivity index is 1.77. The summed E-state index contributed by atoms with van der Waals surface area (Å²) in [6, 6.07) is 6.33. The summed E-state index contributed by atoms with van der Waals surface area (Å²) in [6.45, 7) is 6.49. The Hall–Kier alpha value is -0.580. The van der Waals surface area contributed by atoms with E-state index in [-0.39, 0.29) is 6.04 Å². The number of nitrogens with two attached hydrogens (primary N) is 1. The average molecular weight is 341 g/mol. The normalized spacial score (nSPS) is 17.4. The lowest BCUT2D eigenvalue weighted by molar-refractivity contribution is 0.263. The molecular weight excluding hydrogens is 316 g/mol. The summed E-state index contributed by atoms with van der Waals surface area (Å²) in [5.41, 5.74) is 7.09. The summed E-state index contributed by atoms with van der Waals surface area (Å²) in [5, 5.41) is 0. The molecule has 0 aliphatic carbocycles. The van der Waals surface area contributed by atoms with Crippen LogP contribution in [0.2, 0.25) is 0 Å². The third kappa shape index (κ3) is 5.08. The summed E-state index contributed by atoms with van der Waals surface area (Å²) in [6.07, 6.45) is 4.67. The van der Waals surface area contributed by atoms with Crippen molar-refractivity contribution in [3.05, 3.63) is 28.2 Å². The van der Waals surface area contributed by atoms with Crippen LogP contribution in [0.25, 0.3) is 0 Å². The highest BCUT2D eigenvalue weighted by atomic mass is 79.9. The van der Waals surface area contributed by atoms with Crippen molar-refractivity contribution >= 4 is 15.9 Å². The van der Waals surface area contributed by atoms with Crippen LogP contribution >= 0.6 is 15.9 Å². The molecule has 0 aromatic heterocycles. The standard InChI is InChI=1S/C16H25BrN2O/c1-13(18)11-14-12-15(5-6-16(14)17)20-10-4-9-19-7-2-3-8-19/h5-6,12-13H,2-4,7-11,18H2,1H3. The molecule has 1 saturated heterocycles. The lowest BCUT2D eigenvalue weighted by Gasteiger charge is -2.15. The van der Waals surface area contributed by atoms with E-state index in [1.807, 2.05) is 19.1 Å². The van der Waals surface area contributed by atoms with E-state index in [1.165, 1.54) is 31.5 Å². The number of rotatable bonds is 7. The maximum atomic E-state index is 5.87. The van der Waals surface area contributed by atoms with Gasteiger partial charge in [0.05, 0.1) is 6.61 Å². The van der Waals surface area contributed by atoms with Gasteiger partial charge in [-0.05, 0) is 69.5 Å². The number of benzene rings is 1. The molecule has 1 aliphatic rings. The van der Waals surface area contributed by atoms with Crippen molar-refractivity contribution in [2.24, 2.45) is 5.73 Å². The average Bonchev–Trinajstić information content (AvgIpc) is 2.91. The second kappa shape index (κ2) is 8.01. The zero-order valence-electron chi connectivity index (χ0n) is 12.3. The molecule has 20 heavy (non-hydrogen) atoms. The Morgan fingerprint density at radius 2 is 2.10 bits per heavy atom. The summed E-state index contributed by atoms with van der Waals surface area (Å²) < 4.78 is 6.97. The van der Waals surface area contributed by atoms with Gasteiger partial charge in [0.1, 0.15) is 5.75 Å². The predicted octanol–water partition coefficient (Wildman–Crippen LogP) is 3.20. The first-order valence-electron chi connectivity index (χ1n) is 7.54. The molecule has 3 nitrogen and oxygen atoms in total. The van der Waals surface area contributed by atoms with Crippen molar-refractivity contribution in [3.8, 4) is 5.75 Å². The highest BCUT2D eigenvalue weighted by molar-refractivity contribution is 9.10. The lowest BCUT2D eigenvalue weighted by atomic mass is 10.1. The van der Waals surface area contributed by atoms with Crippen molar-refractivity contribution in [3.63, 3.8) is 0 Å². The van der Waals surface area contributed by atoms with Crippen LogP contribution in [0.5, 0.6) is 5.75 Å². The van der Waals surface area contributed by atoms with E-state index < -0.39 is 0 Å². The van der Waals surface area contributed by atoms with E-state index in [9.17, 15) is 0 Å².